The van der Waals surface area contributed by atoms with Crippen LogP contribution in [0.25, 0.3) is 0 Å². The van der Waals surface area contributed by atoms with Crippen LogP contribution in [-0.4, -0.2) is 23.2 Å². The first kappa shape index (κ1) is 7.43. The van der Waals surface area contributed by atoms with E-state index in [1.807, 2.05) is 0 Å². The highest BCUT2D eigenvalue weighted by Crippen LogP contribution is 2.13. The summed E-state index contributed by atoms with van der Waals surface area (Å²) in [6, 6.07) is 0. The van der Waals surface area contributed by atoms with Gasteiger partial charge >= 0.3 is 0 Å². The Hall–Kier alpha value is -0.680. The van der Waals surface area contributed by atoms with Crippen molar-refractivity contribution in [1.29, 1.82) is 0 Å². The molecule has 0 saturated heterocycles. The average molecular weight is 178 g/mol. The molecule has 1 heterocycles. The Bertz CT molecular complexity index is 248. The molecular weight excluding hydrogens is 174 g/mol. The van der Waals surface area contributed by atoms with Crippen LogP contribution in [-0.2, 0) is 0 Å². The largest absolute Gasteiger partial charge is 0.353 e. The number of hydrogen-bond acceptors (Lipinski definition) is 4. The maximum atomic E-state index is 10.8. The Morgan fingerprint density at radius 2 is 2.40 bits per heavy atom. The summed E-state index contributed by atoms with van der Waals surface area (Å²) in [6.45, 7) is 0. The number of carbonyl (C=O) groups excluding carboxylic acids is 1. The summed E-state index contributed by atoms with van der Waals surface area (Å²) in [5, 5.41) is 9.66. The summed E-state index contributed by atoms with van der Waals surface area (Å²) >= 11 is 6.48. The molecule has 0 aliphatic rings. The fraction of sp³-hybridized carbons (Fsp3) is 0.250. The predicted molar refractivity (Wildman–Crippen MR) is 38.3 cm³/mol. The van der Waals surface area contributed by atoms with Gasteiger partial charge in [0.05, 0.1) is 0 Å². The molecule has 1 aromatic heterocycles. The average Bonchev–Trinajstić information content (AvgIpc) is 2.34. The quantitative estimate of drug-likeness (QED) is 0.682. The minimum atomic E-state index is -0.260. The summed E-state index contributed by atoms with van der Waals surface area (Å²) in [5.74, 6) is -0.260. The number of amides is 1. The Balaban J connectivity index is 2.85. The second-order valence-corrected chi connectivity index (χ2v) is 3.00. The van der Waals surface area contributed by atoms with Crippen LogP contribution in [0, 0.1) is 0 Å². The molecule has 0 atom stereocenters. The van der Waals surface area contributed by atoms with Crippen molar-refractivity contribution in [3.63, 3.8) is 0 Å². The molecule has 0 bridgehead atoms. The van der Waals surface area contributed by atoms with Crippen molar-refractivity contribution in [3.8, 4) is 0 Å². The smallest absolute Gasteiger partial charge is 0.282 e. The summed E-state index contributed by atoms with van der Waals surface area (Å²) in [4.78, 5) is 10.8. The molecule has 0 fully saturated rings. The Morgan fingerprint density at radius 1 is 1.70 bits per heavy atom. The Kier molecular flexibility index (Phi) is 2.18. The first-order valence-corrected chi connectivity index (χ1v) is 3.64. The Labute approximate surface area is 66.2 Å². The standard InChI is InChI=1S/C4H4ClN3OS/c1-6-2(9)3-7-8-4(5)10-3/h1H3,(H,6,9). The number of nitrogens with zero attached hydrogens (tertiary/aromatic N) is 2. The number of nitrogens with one attached hydrogen (secondary N) is 1. The van der Waals surface area contributed by atoms with E-state index in [2.05, 4.69) is 15.5 Å². The highest BCUT2D eigenvalue weighted by Gasteiger charge is 2.08. The van der Waals surface area contributed by atoms with Gasteiger partial charge < -0.3 is 5.32 Å². The van der Waals surface area contributed by atoms with Crippen molar-refractivity contribution in [2.24, 2.45) is 0 Å². The normalized spacial score (nSPS) is 9.40. The molecule has 0 saturated carbocycles. The van der Waals surface area contributed by atoms with Crippen LogP contribution >= 0.6 is 22.9 Å². The van der Waals surface area contributed by atoms with Crippen LogP contribution in [0.1, 0.15) is 9.80 Å². The SMILES string of the molecule is CNC(=O)c1nnc(Cl)s1. The van der Waals surface area contributed by atoms with Gasteiger partial charge in [0.15, 0.2) is 0 Å². The molecule has 54 valence electrons. The highest BCUT2D eigenvalue weighted by molar-refractivity contribution is 7.17. The number of hydrogen-bond donors (Lipinski definition) is 1. The van der Waals surface area contributed by atoms with Gasteiger partial charge in [0.1, 0.15) is 0 Å². The molecule has 0 aromatic carbocycles. The maximum Gasteiger partial charge on any atom is 0.282 e. The van der Waals surface area contributed by atoms with E-state index in [1.165, 1.54) is 7.05 Å². The lowest BCUT2D eigenvalue weighted by Gasteiger charge is -1.87. The van der Waals surface area contributed by atoms with Crippen molar-refractivity contribution >= 4 is 28.8 Å². The second kappa shape index (κ2) is 2.94. The number of aromatic nitrogens is 2. The van der Waals surface area contributed by atoms with Gasteiger partial charge in [-0.2, -0.15) is 0 Å². The fourth-order valence-corrected chi connectivity index (χ4v) is 1.18. The van der Waals surface area contributed by atoms with Gasteiger partial charge in [-0.05, 0) is 11.6 Å². The van der Waals surface area contributed by atoms with Gasteiger partial charge in [0.25, 0.3) is 5.91 Å². The van der Waals surface area contributed by atoms with E-state index in [0.29, 0.717) is 0 Å². The van der Waals surface area contributed by atoms with Gasteiger partial charge in [-0.3, -0.25) is 4.79 Å². The molecule has 4 nitrogen and oxygen atoms in total. The molecule has 6 heteroatoms. The topological polar surface area (TPSA) is 54.9 Å². The van der Waals surface area contributed by atoms with Crippen LogP contribution in [0.4, 0.5) is 0 Å². The first-order chi connectivity index (χ1) is 4.74. The molecule has 10 heavy (non-hydrogen) atoms. The van der Waals surface area contributed by atoms with Crippen LogP contribution in [0.2, 0.25) is 4.47 Å². The molecule has 0 radical (unpaired) electrons. The third-order valence-electron chi connectivity index (χ3n) is 0.822. The van der Waals surface area contributed by atoms with Gasteiger partial charge in [-0.25, -0.2) is 0 Å². The van der Waals surface area contributed by atoms with E-state index in [9.17, 15) is 4.79 Å². The van der Waals surface area contributed by atoms with Crippen LogP contribution < -0.4 is 5.32 Å². The van der Waals surface area contributed by atoms with E-state index < -0.39 is 0 Å². The molecule has 0 unspecified atom stereocenters. The zero-order valence-corrected chi connectivity index (χ0v) is 6.66. The van der Waals surface area contributed by atoms with E-state index in [-0.39, 0.29) is 15.4 Å². The summed E-state index contributed by atoms with van der Waals surface area (Å²) in [5.41, 5.74) is 0. The minimum Gasteiger partial charge on any atom is -0.353 e. The zero-order valence-electron chi connectivity index (χ0n) is 5.09. The van der Waals surface area contributed by atoms with E-state index in [1.54, 1.807) is 0 Å². The predicted octanol–water partition coefficient (Wildman–Crippen LogP) is 0.551. The van der Waals surface area contributed by atoms with Crippen molar-refractivity contribution in [2.75, 3.05) is 7.05 Å². The van der Waals surface area contributed by atoms with Crippen LogP contribution in [0.3, 0.4) is 0 Å². The summed E-state index contributed by atoms with van der Waals surface area (Å²) < 4.78 is 0.276. The molecular formula is C4H4ClN3OS. The lowest BCUT2D eigenvalue weighted by molar-refractivity contribution is 0.0962. The summed E-state index contributed by atoms with van der Waals surface area (Å²) in [6.07, 6.45) is 0. The number of halogens is 1. The lowest BCUT2D eigenvalue weighted by Crippen LogP contribution is -2.17. The van der Waals surface area contributed by atoms with Crippen molar-refractivity contribution < 1.29 is 4.79 Å². The van der Waals surface area contributed by atoms with E-state index in [0.717, 1.165) is 11.3 Å². The monoisotopic (exact) mass is 177 g/mol. The van der Waals surface area contributed by atoms with Gasteiger partial charge in [0.2, 0.25) is 9.47 Å². The van der Waals surface area contributed by atoms with Crippen molar-refractivity contribution in [3.05, 3.63) is 9.47 Å². The van der Waals surface area contributed by atoms with Gasteiger partial charge in [-0.15, -0.1) is 10.2 Å². The molecule has 0 aliphatic carbocycles. The van der Waals surface area contributed by atoms with Crippen molar-refractivity contribution in [1.82, 2.24) is 15.5 Å². The molecule has 1 aromatic rings. The van der Waals surface area contributed by atoms with Gasteiger partial charge in [0, 0.05) is 7.05 Å². The third kappa shape index (κ3) is 1.43. The lowest BCUT2D eigenvalue weighted by atomic mass is 10.6. The fourth-order valence-electron chi connectivity index (χ4n) is 0.404. The zero-order chi connectivity index (χ0) is 7.56. The van der Waals surface area contributed by atoms with E-state index in [4.69, 9.17) is 11.6 Å². The summed E-state index contributed by atoms with van der Waals surface area (Å²) in [7, 11) is 1.53. The second-order valence-electron chi connectivity index (χ2n) is 1.44. The first-order valence-electron chi connectivity index (χ1n) is 2.45. The molecule has 1 N–H and O–H groups in total. The van der Waals surface area contributed by atoms with Gasteiger partial charge in [-0.1, -0.05) is 11.3 Å². The van der Waals surface area contributed by atoms with Crippen LogP contribution in [0.15, 0.2) is 0 Å². The number of rotatable bonds is 1. The van der Waals surface area contributed by atoms with Crippen LogP contribution in [0.5, 0.6) is 0 Å². The maximum absolute atomic E-state index is 10.8. The molecule has 1 amide bonds. The molecule has 0 spiro atoms. The molecule has 1 rings (SSSR count). The third-order valence-corrected chi connectivity index (χ3v) is 1.84. The number of carbonyl (C=O) groups is 1. The highest BCUT2D eigenvalue weighted by atomic mass is 35.5. The van der Waals surface area contributed by atoms with Crippen molar-refractivity contribution in [2.45, 2.75) is 0 Å². The minimum absolute atomic E-state index is 0.260. The molecule has 0 aliphatic heterocycles. The Morgan fingerprint density at radius 3 is 2.80 bits per heavy atom. The van der Waals surface area contributed by atoms with E-state index >= 15 is 0 Å².